The lowest BCUT2D eigenvalue weighted by Crippen LogP contribution is -2.46. The molecule has 0 saturated heterocycles. The minimum absolute atomic E-state index is 0.0447. The van der Waals surface area contributed by atoms with E-state index in [-0.39, 0.29) is 16.3 Å². The van der Waals surface area contributed by atoms with Crippen molar-refractivity contribution in [3.63, 3.8) is 0 Å². The molecule has 1 unspecified atom stereocenters. The smallest absolute Gasteiger partial charge is 0.282 e. The van der Waals surface area contributed by atoms with Gasteiger partial charge in [-0.1, -0.05) is 18.5 Å². The predicted molar refractivity (Wildman–Crippen MR) is 79.6 cm³/mol. The Kier molecular flexibility index (Phi) is 5.77. The van der Waals surface area contributed by atoms with Crippen LogP contribution in [-0.4, -0.2) is 22.2 Å². The maximum Gasteiger partial charge on any atom is 0.282 e. The average molecular weight is 319 g/mol. The maximum atomic E-state index is 12.3. The molecule has 1 aromatic carbocycles. The van der Waals surface area contributed by atoms with E-state index in [4.69, 9.17) is 23.2 Å². The summed E-state index contributed by atoms with van der Waals surface area (Å²) in [6.45, 7) is 3.77. The van der Waals surface area contributed by atoms with Crippen molar-refractivity contribution in [3.05, 3.63) is 38.9 Å². The van der Waals surface area contributed by atoms with Crippen LogP contribution in [0, 0.1) is 10.1 Å². The van der Waals surface area contributed by atoms with E-state index in [9.17, 15) is 14.9 Å². The molecule has 0 fully saturated rings. The molecule has 0 heterocycles. The second kappa shape index (κ2) is 6.90. The molecule has 1 atom stereocenters. The van der Waals surface area contributed by atoms with Gasteiger partial charge in [0, 0.05) is 22.5 Å². The molecule has 0 aliphatic carbocycles. The molecule has 20 heavy (non-hydrogen) atoms. The molecule has 110 valence electrons. The number of hydrogen-bond donors (Lipinski definition) is 1. The summed E-state index contributed by atoms with van der Waals surface area (Å²) in [7, 11) is 0. The first-order chi connectivity index (χ1) is 9.33. The van der Waals surface area contributed by atoms with Crippen molar-refractivity contribution < 1.29 is 9.72 Å². The Morgan fingerprint density at radius 1 is 1.50 bits per heavy atom. The summed E-state index contributed by atoms with van der Waals surface area (Å²) in [6, 6.07) is 3.90. The molecule has 0 aliphatic rings. The van der Waals surface area contributed by atoms with Gasteiger partial charge < -0.3 is 5.32 Å². The summed E-state index contributed by atoms with van der Waals surface area (Å²) in [6.07, 6.45) is 1.24. The fourth-order valence-electron chi connectivity index (χ4n) is 1.73. The highest BCUT2D eigenvalue weighted by atomic mass is 35.5. The van der Waals surface area contributed by atoms with Gasteiger partial charge in [-0.05, 0) is 31.9 Å². The zero-order chi connectivity index (χ0) is 15.3. The minimum Gasteiger partial charge on any atom is -0.347 e. The summed E-state index contributed by atoms with van der Waals surface area (Å²) in [4.78, 5) is 22.6. The van der Waals surface area contributed by atoms with Crippen LogP contribution in [-0.2, 0) is 0 Å². The molecular formula is C13H16Cl2N2O3. The lowest BCUT2D eigenvalue weighted by Gasteiger charge is -2.28. The number of rotatable bonds is 6. The number of amides is 1. The molecular weight excluding hydrogens is 303 g/mol. The fraction of sp³-hybridized carbons (Fsp3) is 0.462. The zero-order valence-corrected chi connectivity index (χ0v) is 12.8. The average Bonchev–Trinajstić information content (AvgIpc) is 2.38. The van der Waals surface area contributed by atoms with Crippen molar-refractivity contribution in [2.24, 2.45) is 0 Å². The van der Waals surface area contributed by atoms with Crippen molar-refractivity contribution >= 4 is 34.8 Å². The van der Waals surface area contributed by atoms with Crippen LogP contribution in [0.25, 0.3) is 0 Å². The first kappa shape index (κ1) is 16.7. The lowest BCUT2D eigenvalue weighted by atomic mass is 9.95. The number of nitrogens with zero attached hydrogens (tertiary/aromatic N) is 1. The van der Waals surface area contributed by atoms with E-state index in [0.717, 1.165) is 0 Å². The standard InChI is InChI=1S/C13H16Cl2N2O3/c1-3-13(2,6-7-14)16-12(18)10-8-9(15)4-5-11(10)17(19)20/h4-5,8H,3,6-7H2,1-2H3,(H,16,18). The van der Waals surface area contributed by atoms with Gasteiger partial charge in [-0.15, -0.1) is 11.6 Å². The molecule has 1 N–H and O–H groups in total. The Morgan fingerprint density at radius 3 is 2.65 bits per heavy atom. The van der Waals surface area contributed by atoms with Gasteiger partial charge >= 0.3 is 0 Å². The second-order valence-electron chi connectivity index (χ2n) is 4.73. The van der Waals surface area contributed by atoms with Crippen molar-refractivity contribution in [2.75, 3.05) is 5.88 Å². The Balaban J connectivity index is 3.08. The van der Waals surface area contributed by atoms with E-state index in [1.807, 2.05) is 13.8 Å². The highest BCUT2D eigenvalue weighted by Gasteiger charge is 2.28. The third kappa shape index (κ3) is 4.08. The number of hydrogen-bond acceptors (Lipinski definition) is 3. The Hall–Kier alpha value is -1.33. The number of nitrogens with one attached hydrogen (secondary N) is 1. The van der Waals surface area contributed by atoms with Gasteiger partial charge in [0.25, 0.3) is 11.6 Å². The normalized spacial score (nSPS) is 13.6. The van der Waals surface area contributed by atoms with Crippen LogP contribution >= 0.6 is 23.2 Å². The highest BCUT2D eigenvalue weighted by molar-refractivity contribution is 6.31. The van der Waals surface area contributed by atoms with E-state index in [2.05, 4.69) is 5.32 Å². The van der Waals surface area contributed by atoms with Crippen LogP contribution in [0.4, 0.5) is 5.69 Å². The molecule has 7 heteroatoms. The van der Waals surface area contributed by atoms with Crippen LogP contribution in [0.1, 0.15) is 37.0 Å². The first-order valence-electron chi connectivity index (χ1n) is 6.15. The van der Waals surface area contributed by atoms with Crippen molar-refractivity contribution in [1.29, 1.82) is 0 Å². The SMILES string of the molecule is CCC(C)(CCCl)NC(=O)c1cc(Cl)ccc1[N+](=O)[O-]. The largest absolute Gasteiger partial charge is 0.347 e. The Labute approximate surface area is 127 Å². The maximum absolute atomic E-state index is 12.3. The van der Waals surface area contributed by atoms with E-state index in [1.54, 1.807) is 0 Å². The fourth-order valence-corrected chi connectivity index (χ4v) is 2.32. The quantitative estimate of drug-likeness (QED) is 0.493. The molecule has 0 bridgehead atoms. The second-order valence-corrected chi connectivity index (χ2v) is 5.54. The summed E-state index contributed by atoms with van der Waals surface area (Å²) in [5.41, 5.74) is -0.817. The van der Waals surface area contributed by atoms with Crippen LogP contribution in [0.15, 0.2) is 18.2 Å². The van der Waals surface area contributed by atoms with Gasteiger partial charge in [0.2, 0.25) is 0 Å². The first-order valence-corrected chi connectivity index (χ1v) is 7.06. The molecule has 1 aromatic rings. The van der Waals surface area contributed by atoms with Gasteiger partial charge in [0.1, 0.15) is 5.56 Å². The van der Waals surface area contributed by atoms with Crippen LogP contribution in [0.5, 0.6) is 0 Å². The summed E-state index contributed by atoms with van der Waals surface area (Å²) >= 11 is 11.5. The molecule has 0 spiro atoms. The van der Waals surface area contributed by atoms with E-state index < -0.39 is 16.4 Å². The van der Waals surface area contributed by atoms with Crippen molar-refractivity contribution in [1.82, 2.24) is 5.32 Å². The number of alkyl halides is 1. The number of halogens is 2. The predicted octanol–water partition coefficient (Wildman–Crippen LogP) is 3.78. The monoisotopic (exact) mass is 318 g/mol. The third-order valence-corrected chi connectivity index (χ3v) is 3.67. The summed E-state index contributed by atoms with van der Waals surface area (Å²) < 4.78 is 0. The van der Waals surface area contributed by atoms with E-state index in [0.29, 0.717) is 18.7 Å². The summed E-state index contributed by atoms with van der Waals surface area (Å²) in [5.74, 6) is -0.129. The van der Waals surface area contributed by atoms with Gasteiger partial charge in [-0.2, -0.15) is 0 Å². The lowest BCUT2D eigenvalue weighted by molar-refractivity contribution is -0.385. The molecule has 0 aromatic heterocycles. The Bertz CT molecular complexity index is 522. The van der Waals surface area contributed by atoms with Gasteiger partial charge in [-0.25, -0.2) is 0 Å². The van der Waals surface area contributed by atoms with E-state index >= 15 is 0 Å². The number of carbonyl (C=O) groups excluding carboxylic acids is 1. The molecule has 1 rings (SSSR count). The van der Waals surface area contributed by atoms with Gasteiger partial charge in [0.15, 0.2) is 0 Å². The molecule has 0 radical (unpaired) electrons. The highest BCUT2D eigenvalue weighted by Crippen LogP contribution is 2.24. The van der Waals surface area contributed by atoms with Crippen LogP contribution in [0.2, 0.25) is 5.02 Å². The number of nitro benzene ring substituents is 1. The van der Waals surface area contributed by atoms with E-state index in [1.165, 1.54) is 18.2 Å². The number of carbonyl (C=O) groups is 1. The van der Waals surface area contributed by atoms with Crippen LogP contribution in [0.3, 0.4) is 0 Å². The molecule has 5 nitrogen and oxygen atoms in total. The zero-order valence-electron chi connectivity index (χ0n) is 11.3. The van der Waals surface area contributed by atoms with Crippen molar-refractivity contribution in [3.8, 4) is 0 Å². The summed E-state index contributed by atoms with van der Waals surface area (Å²) in [5, 5.41) is 14.0. The number of nitro groups is 1. The Morgan fingerprint density at radius 2 is 2.15 bits per heavy atom. The molecule has 0 saturated carbocycles. The van der Waals surface area contributed by atoms with Crippen molar-refractivity contribution in [2.45, 2.75) is 32.2 Å². The number of benzene rings is 1. The van der Waals surface area contributed by atoms with Crippen LogP contribution < -0.4 is 5.32 Å². The van der Waals surface area contributed by atoms with Gasteiger partial charge in [0.05, 0.1) is 4.92 Å². The topological polar surface area (TPSA) is 72.2 Å². The molecule has 1 amide bonds. The third-order valence-electron chi connectivity index (χ3n) is 3.24. The minimum atomic E-state index is -0.601. The molecule has 0 aliphatic heterocycles. The van der Waals surface area contributed by atoms with Gasteiger partial charge in [-0.3, -0.25) is 14.9 Å².